The normalized spacial score (nSPS) is 12.1. The zero-order valence-electron chi connectivity index (χ0n) is 34.8. The van der Waals surface area contributed by atoms with Gasteiger partial charge in [-0.3, -0.25) is 28.8 Å². The van der Waals surface area contributed by atoms with Crippen LogP contribution in [0.3, 0.4) is 0 Å². The summed E-state index contributed by atoms with van der Waals surface area (Å²) in [5, 5.41) is 26.8. The van der Waals surface area contributed by atoms with E-state index in [9.17, 15) is 28.8 Å². The van der Waals surface area contributed by atoms with Crippen LogP contribution in [0.25, 0.3) is 0 Å². The summed E-state index contributed by atoms with van der Waals surface area (Å²) in [5.74, 6) is -2.91. The number of rotatable bonds is 20. The van der Waals surface area contributed by atoms with Crippen LogP contribution in [0.15, 0.2) is 124 Å². The van der Waals surface area contributed by atoms with E-state index < -0.39 is 47.3 Å². The Balaban J connectivity index is 1.26. The van der Waals surface area contributed by atoms with Crippen LogP contribution in [0.4, 0.5) is 34.1 Å². The SMILES string of the molecule is CC(=O)C(N=Nc1cccc(C(=O)Nc2ccc(CCCl)cc2)c1Cl)C(=O)Nc1ccc(NC(=O)C(N=Nc2cccc(C(=O)Nc3ccc(CCCl)cc3)c2Cl)C(C)=O)c(CCCl)c1. The highest BCUT2D eigenvalue weighted by Gasteiger charge is 2.27. The van der Waals surface area contributed by atoms with Gasteiger partial charge in [0, 0.05) is 40.4 Å². The van der Waals surface area contributed by atoms with Gasteiger partial charge in [0.25, 0.3) is 23.6 Å². The van der Waals surface area contributed by atoms with Gasteiger partial charge in [-0.05, 0) is 117 Å². The van der Waals surface area contributed by atoms with Crippen molar-refractivity contribution in [1.82, 2.24) is 0 Å². The third-order valence-corrected chi connectivity index (χ3v) is 10.8. The van der Waals surface area contributed by atoms with Gasteiger partial charge < -0.3 is 21.3 Å². The number of anilines is 4. The van der Waals surface area contributed by atoms with E-state index in [1.54, 1.807) is 24.3 Å². The summed E-state index contributed by atoms with van der Waals surface area (Å²) in [7, 11) is 0. The minimum absolute atomic E-state index is 0.0440. The number of halogens is 5. The summed E-state index contributed by atoms with van der Waals surface area (Å²) in [6.07, 6.45) is 1.58. The number of carbonyl (C=O) groups is 6. The molecule has 4 amide bonds. The summed E-state index contributed by atoms with van der Waals surface area (Å²) in [6, 6.07) is 24.6. The number of ketones is 2. The quantitative estimate of drug-likeness (QED) is 0.0340. The molecule has 0 heterocycles. The van der Waals surface area contributed by atoms with Gasteiger partial charge in [-0.1, -0.05) is 59.6 Å². The topological polar surface area (TPSA) is 200 Å². The molecular weight excluding hydrogens is 938 g/mol. The van der Waals surface area contributed by atoms with Gasteiger partial charge in [0.1, 0.15) is 11.4 Å². The Morgan fingerprint density at radius 2 is 0.923 bits per heavy atom. The Labute approximate surface area is 399 Å². The highest BCUT2D eigenvalue weighted by Crippen LogP contribution is 2.32. The lowest BCUT2D eigenvalue weighted by Gasteiger charge is -2.15. The number of nitrogens with zero attached hydrogens (tertiary/aromatic N) is 4. The average Bonchev–Trinajstić information content (AvgIpc) is 3.27. The molecule has 19 heteroatoms. The summed E-state index contributed by atoms with van der Waals surface area (Å²) < 4.78 is 0. The molecule has 0 aliphatic carbocycles. The Morgan fingerprint density at radius 1 is 0.508 bits per heavy atom. The number of Topliss-reactive ketones (excluding diaryl/α,β-unsaturated/α-hetero) is 2. The predicted octanol–water partition coefficient (Wildman–Crippen LogP) is 11.2. The van der Waals surface area contributed by atoms with E-state index in [0.717, 1.165) is 11.1 Å². The summed E-state index contributed by atoms with van der Waals surface area (Å²) in [5.41, 5.74) is 4.31. The molecule has 336 valence electrons. The first-order valence-electron chi connectivity index (χ1n) is 19.9. The molecule has 0 fully saturated rings. The molecule has 5 rings (SSSR count). The molecule has 65 heavy (non-hydrogen) atoms. The molecule has 5 aromatic carbocycles. The van der Waals surface area contributed by atoms with E-state index >= 15 is 0 Å². The van der Waals surface area contributed by atoms with E-state index in [-0.39, 0.29) is 56.2 Å². The monoisotopic (exact) mass is 976 g/mol. The average molecular weight is 979 g/mol. The summed E-state index contributed by atoms with van der Waals surface area (Å²) in [6.45, 7) is 2.33. The fourth-order valence-electron chi connectivity index (χ4n) is 6.06. The molecule has 0 spiro atoms. The fourth-order valence-corrected chi connectivity index (χ4v) is 7.20. The lowest BCUT2D eigenvalue weighted by molar-refractivity contribution is -0.127. The Kier molecular flexibility index (Phi) is 18.7. The van der Waals surface area contributed by atoms with Crippen molar-refractivity contribution >= 4 is 127 Å². The molecule has 14 nitrogen and oxygen atoms in total. The minimum Gasteiger partial charge on any atom is -0.324 e. The van der Waals surface area contributed by atoms with Gasteiger partial charge in [-0.2, -0.15) is 20.5 Å². The molecule has 5 aromatic rings. The van der Waals surface area contributed by atoms with E-state index in [4.69, 9.17) is 58.0 Å². The standard InChI is InChI=1S/C46H41Cl5N8O6/c1-26(60)41(58-56-37-7-3-5-34(39(37)50)43(62)52-31-13-9-28(10-14-31)19-22-47)45(64)54-33-17-18-36(30(25-33)21-24-49)55-46(65)42(27(2)61)59-57-38-8-4-6-35(40(38)51)44(63)53-32-15-11-29(12-16-32)20-23-48/h3-18,25,41-42H,19-24H2,1-2H3,(H,52,62)(H,53,63)(H,54,64)(H,55,65). The number of aryl methyl sites for hydroxylation is 3. The second kappa shape index (κ2) is 24.3. The molecular formula is C46H41Cl5N8O6. The molecule has 0 aromatic heterocycles. The van der Waals surface area contributed by atoms with Crippen LogP contribution in [0.5, 0.6) is 0 Å². The second-order valence-electron chi connectivity index (χ2n) is 14.2. The Hall–Kier alpha value is -6.03. The summed E-state index contributed by atoms with van der Waals surface area (Å²) in [4.78, 5) is 78.4. The van der Waals surface area contributed by atoms with Crippen molar-refractivity contribution in [1.29, 1.82) is 0 Å². The number of hydrogen-bond donors (Lipinski definition) is 4. The van der Waals surface area contributed by atoms with Crippen LogP contribution >= 0.6 is 58.0 Å². The summed E-state index contributed by atoms with van der Waals surface area (Å²) >= 11 is 30.8. The third kappa shape index (κ3) is 14.0. The first-order valence-corrected chi connectivity index (χ1v) is 22.2. The van der Waals surface area contributed by atoms with Gasteiger partial charge in [-0.15, -0.1) is 34.8 Å². The molecule has 0 aliphatic heterocycles. The third-order valence-electron chi connectivity index (χ3n) is 9.46. The van der Waals surface area contributed by atoms with Gasteiger partial charge in [0.15, 0.2) is 11.6 Å². The Bertz CT molecular complexity index is 2630. The maximum atomic E-state index is 13.5. The first kappa shape index (κ1) is 50.0. The predicted molar refractivity (Wildman–Crippen MR) is 257 cm³/mol. The van der Waals surface area contributed by atoms with Crippen molar-refractivity contribution in [3.05, 3.63) is 141 Å². The molecule has 4 N–H and O–H groups in total. The number of azo groups is 2. The lowest BCUT2D eigenvalue weighted by atomic mass is 10.1. The molecule has 2 atom stereocenters. The van der Waals surface area contributed by atoms with Crippen LogP contribution in [0, 0.1) is 0 Å². The minimum atomic E-state index is -1.61. The van der Waals surface area contributed by atoms with E-state index in [0.29, 0.717) is 41.5 Å². The van der Waals surface area contributed by atoms with Crippen LogP contribution in [0.2, 0.25) is 10.0 Å². The van der Waals surface area contributed by atoms with Crippen molar-refractivity contribution in [2.75, 3.05) is 38.9 Å². The van der Waals surface area contributed by atoms with Crippen molar-refractivity contribution in [2.24, 2.45) is 20.5 Å². The number of benzene rings is 5. The van der Waals surface area contributed by atoms with Crippen molar-refractivity contribution < 1.29 is 28.8 Å². The van der Waals surface area contributed by atoms with Gasteiger partial charge >= 0.3 is 0 Å². The van der Waals surface area contributed by atoms with Gasteiger partial charge in [-0.25, -0.2) is 0 Å². The maximum Gasteiger partial charge on any atom is 0.258 e. The van der Waals surface area contributed by atoms with E-state index in [2.05, 4.69) is 41.7 Å². The molecule has 0 aliphatic rings. The zero-order valence-corrected chi connectivity index (χ0v) is 38.6. The van der Waals surface area contributed by atoms with Gasteiger partial charge in [0.05, 0.1) is 21.2 Å². The van der Waals surface area contributed by atoms with Crippen molar-refractivity contribution in [3.8, 4) is 0 Å². The molecule has 0 saturated heterocycles. The number of hydrogen-bond acceptors (Lipinski definition) is 10. The molecule has 0 radical (unpaired) electrons. The van der Waals surface area contributed by atoms with Gasteiger partial charge in [0.2, 0.25) is 12.1 Å². The first-order chi connectivity index (χ1) is 31.2. The van der Waals surface area contributed by atoms with E-state index in [1.807, 2.05) is 24.3 Å². The van der Waals surface area contributed by atoms with Crippen LogP contribution < -0.4 is 21.3 Å². The number of nitrogens with one attached hydrogen (secondary N) is 4. The highest BCUT2D eigenvalue weighted by atomic mass is 35.5. The molecule has 0 saturated carbocycles. The lowest BCUT2D eigenvalue weighted by Crippen LogP contribution is -2.32. The highest BCUT2D eigenvalue weighted by molar-refractivity contribution is 6.37. The fraction of sp³-hybridized carbons (Fsp3) is 0.217. The Morgan fingerprint density at radius 3 is 1.34 bits per heavy atom. The second-order valence-corrected chi connectivity index (χ2v) is 16.1. The van der Waals surface area contributed by atoms with E-state index in [1.165, 1.54) is 68.4 Å². The van der Waals surface area contributed by atoms with Crippen LogP contribution in [-0.4, -0.2) is 64.9 Å². The van der Waals surface area contributed by atoms with Crippen LogP contribution in [-0.2, 0) is 38.4 Å². The number of carbonyl (C=O) groups excluding carboxylic acids is 6. The number of amides is 4. The molecule has 0 bridgehead atoms. The largest absolute Gasteiger partial charge is 0.324 e. The smallest absolute Gasteiger partial charge is 0.258 e. The zero-order chi connectivity index (χ0) is 47.0. The maximum absolute atomic E-state index is 13.5. The van der Waals surface area contributed by atoms with Crippen LogP contribution in [0.1, 0.15) is 51.3 Å². The molecule has 2 unspecified atom stereocenters. The number of alkyl halides is 3. The van der Waals surface area contributed by atoms with Crippen molar-refractivity contribution in [3.63, 3.8) is 0 Å². The van der Waals surface area contributed by atoms with Crippen molar-refractivity contribution in [2.45, 2.75) is 45.2 Å².